The smallest absolute Gasteiger partial charge is 0.220 e. The zero-order chi connectivity index (χ0) is 62.1. The van der Waals surface area contributed by atoms with E-state index in [1.807, 2.05) is 6.08 Å². The maximum Gasteiger partial charge on any atom is 0.220 e. The third-order valence-corrected chi connectivity index (χ3v) is 17.8. The van der Waals surface area contributed by atoms with Gasteiger partial charge in [-0.15, -0.1) is 0 Å². The molecule has 1 aliphatic rings. The molecule has 1 rings (SSSR count). The summed E-state index contributed by atoms with van der Waals surface area (Å²) in [6.07, 6.45) is 84.9. The number of nitrogens with one attached hydrogen (secondary N) is 1. The molecule has 1 amide bonds. The molecular weight excluding hydrogens is 1070 g/mol. The van der Waals surface area contributed by atoms with Crippen LogP contribution >= 0.6 is 0 Å². The Bertz CT molecular complexity index is 1540. The number of carbonyl (C=O) groups is 1. The van der Waals surface area contributed by atoms with Crippen LogP contribution in [0.4, 0.5) is 0 Å². The van der Waals surface area contributed by atoms with Gasteiger partial charge in [0.25, 0.3) is 0 Å². The summed E-state index contributed by atoms with van der Waals surface area (Å²) in [5.41, 5.74) is 0. The monoisotopic (exact) mass is 1210 g/mol. The van der Waals surface area contributed by atoms with Crippen LogP contribution < -0.4 is 5.32 Å². The number of ether oxygens (including phenoxy) is 2. The maximum absolute atomic E-state index is 13.1. The van der Waals surface area contributed by atoms with Gasteiger partial charge in [-0.3, -0.25) is 4.79 Å². The summed E-state index contributed by atoms with van der Waals surface area (Å²) in [5, 5.41) is 54.8. The van der Waals surface area contributed by atoms with E-state index in [0.29, 0.717) is 6.42 Å². The molecule has 0 radical (unpaired) electrons. The minimum absolute atomic E-state index is 0.181. The van der Waals surface area contributed by atoms with Crippen molar-refractivity contribution in [3.8, 4) is 0 Å². The van der Waals surface area contributed by atoms with Crippen molar-refractivity contribution < 1.29 is 39.8 Å². The van der Waals surface area contributed by atoms with Gasteiger partial charge in [0.15, 0.2) is 6.29 Å². The Morgan fingerprint density at radius 1 is 0.395 bits per heavy atom. The number of allylic oxidation sites excluding steroid dienone is 9. The number of unbranched alkanes of at least 4 members (excludes halogenated alkanes) is 48. The van der Waals surface area contributed by atoms with E-state index >= 15 is 0 Å². The number of aliphatic hydroxyl groups excluding tert-OH is 5. The van der Waals surface area contributed by atoms with Crippen LogP contribution in [0.2, 0.25) is 0 Å². The van der Waals surface area contributed by atoms with E-state index in [1.165, 1.54) is 295 Å². The van der Waals surface area contributed by atoms with E-state index in [1.54, 1.807) is 6.08 Å². The van der Waals surface area contributed by atoms with Crippen molar-refractivity contribution in [1.29, 1.82) is 0 Å². The molecule has 1 saturated heterocycles. The van der Waals surface area contributed by atoms with Crippen LogP contribution in [-0.2, 0) is 14.3 Å². The Kier molecular flexibility index (Phi) is 62.7. The Morgan fingerprint density at radius 2 is 0.698 bits per heavy atom. The van der Waals surface area contributed by atoms with Crippen LogP contribution in [-0.4, -0.2) is 87.5 Å². The summed E-state index contributed by atoms with van der Waals surface area (Å²) < 4.78 is 11.3. The molecule has 0 saturated carbocycles. The molecule has 9 nitrogen and oxygen atoms in total. The lowest BCUT2D eigenvalue weighted by atomic mass is 9.99. The fourth-order valence-electron chi connectivity index (χ4n) is 12.0. The van der Waals surface area contributed by atoms with Crippen LogP contribution in [0.1, 0.15) is 367 Å². The molecule has 0 aromatic heterocycles. The highest BCUT2D eigenvalue weighted by atomic mass is 16.7. The molecule has 0 aliphatic carbocycles. The van der Waals surface area contributed by atoms with Crippen molar-refractivity contribution in [2.45, 2.75) is 410 Å². The van der Waals surface area contributed by atoms with Gasteiger partial charge in [-0.05, 0) is 70.6 Å². The summed E-state index contributed by atoms with van der Waals surface area (Å²) >= 11 is 0. The molecule has 1 heterocycles. The zero-order valence-electron chi connectivity index (χ0n) is 56.6. The fourth-order valence-corrected chi connectivity index (χ4v) is 12.0. The molecule has 1 fully saturated rings. The lowest BCUT2D eigenvalue weighted by molar-refractivity contribution is -0.302. The standard InChI is InChI=1S/C77H143NO8/c1-3-5-7-9-11-13-15-17-19-21-23-25-27-29-31-33-34-35-36-37-38-39-41-43-45-47-49-51-53-55-57-59-61-63-65-67-73(81)78-70(69-85-77-76(84)75(83)74(82)72(68-79)86-77)71(80)66-64-62-60-58-56-54-52-50-48-46-44-42-40-32-30-28-26-24-22-20-18-16-14-12-10-8-6-4-2/h15,17,21,23,27,29,56,58,64,66,70-72,74-77,79-80,82-84H,3-14,16,18-20,22,24-26,28,30-55,57,59-63,65,67-69H2,1-2H3,(H,78,81)/b17-15-,23-21-,29-27-,58-56+,66-64+. The van der Waals surface area contributed by atoms with E-state index in [9.17, 15) is 30.3 Å². The molecule has 0 bridgehead atoms. The Morgan fingerprint density at radius 3 is 1.06 bits per heavy atom. The van der Waals surface area contributed by atoms with Gasteiger partial charge in [0, 0.05) is 6.42 Å². The topological polar surface area (TPSA) is 149 Å². The Labute approximate surface area is 532 Å². The first-order valence-electron chi connectivity index (χ1n) is 37.5. The van der Waals surface area contributed by atoms with Crippen molar-refractivity contribution in [3.63, 3.8) is 0 Å². The number of rotatable bonds is 66. The van der Waals surface area contributed by atoms with Gasteiger partial charge < -0.3 is 40.3 Å². The molecule has 504 valence electrons. The van der Waals surface area contributed by atoms with Gasteiger partial charge in [0.1, 0.15) is 24.4 Å². The molecule has 7 atom stereocenters. The van der Waals surface area contributed by atoms with Crippen molar-refractivity contribution in [3.05, 3.63) is 60.8 Å². The number of aliphatic hydroxyl groups is 5. The van der Waals surface area contributed by atoms with Crippen LogP contribution in [0.5, 0.6) is 0 Å². The first kappa shape index (κ1) is 81.9. The normalized spacial score (nSPS) is 18.3. The van der Waals surface area contributed by atoms with E-state index in [2.05, 4.69) is 67.8 Å². The molecule has 6 N–H and O–H groups in total. The summed E-state index contributed by atoms with van der Waals surface area (Å²) in [4.78, 5) is 13.1. The SMILES string of the molecule is CCCCCCC/C=C\C/C=C\C/C=C\CCCCCCCCCCCCCCCCCCCCCCC(=O)NC(COC1OC(CO)C(O)C(O)C1O)C(O)/C=C/CC/C=C/CCCCCCCCCCCCCCCCCCCCCCCC. The molecule has 1 aliphatic heterocycles. The number of hydrogen-bond acceptors (Lipinski definition) is 8. The highest BCUT2D eigenvalue weighted by Crippen LogP contribution is 2.23. The summed E-state index contributed by atoms with van der Waals surface area (Å²) in [7, 11) is 0. The molecule has 9 heteroatoms. The molecule has 86 heavy (non-hydrogen) atoms. The van der Waals surface area contributed by atoms with Crippen LogP contribution in [0, 0.1) is 0 Å². The van der Waals surface area contributed by atoms with Gasteiger partial charge in [-0.2, -0.15) is 0 Å². The summed E-state index contributed by atoms with van der Waals surface area (Å²) in [6.45, 7) is 3.80. The molecule has 0 aromatic rings. The zero-order valence-corrected chi connectivity index (χ0v) is 56.6. The first-order valence-corrected chi connectivity index (χ1v) is 37.5. The number of hydrogen-bond donors (Lipinski definition) is 6. The van der Waals surface area contributed by atoms with Crippen LogP contribution in [0.3, 0.4) is 0 Å². The lowest BCUT2D eigenvalue weighted by Crippen LogP contribution is -2.60. The van der Waals surface area contributed by atoms with Gasteiger partial charge in [-0.25, -0.2) is 0 Å². The predicted molar refractivity (Wildman–Crippen MR) is 369 cm³/mol. The summed E-state index contributed by atoms with van der Waals surface area (Å²) in [6, 6.07) is -0.824. The maximum atomic E-state index is 13.1. The second-order valence-corrected chi connectivity index (χ2v) is 26.1. The fraction of sp³-hybridized carbons (Fsp3) is 0.857. The molecule has 7 unspecified atom stereocenters. The molecule has 0 spiro atoms. The first-order chi connectivity index (χ1) is 42.3. The van der Waals surface area contributed by atoms with Gasteiger partial charge >= 0.3 is 0 Å². The van der Waals surface area contributed by atoms with E-state index < -0.39 is 49.5 Å². The summed E-state index contributed by atoms with van der Waals surface area (Å²) in [5.74, 6) is -0.181. The molecule has 0 aromatic carbocycles. The van der Waals surface area contributed by atoms with Gasteiger partial charge in [-0.1, -0.05) is 351 Å². The van der Waals surface area contributed by atoms with E-state index in [-0.39, 0.29) is 12.5 Å². The minimum Gasteiger partial charge on any atom is -0.394 e. The third-order valence-electron chi connectivity index (χ3n) is 17.8. The third kappa shape index (κ3) is 53.7. The lowest BCUT2D eigenvalue weighted by Gasteiger charge is -2.40. The average Bonchev–Trinajstić information content (AvgIpc) is 3.65. The average molecular weight is 1210 g/mol. The van der Waals surface area contributed by atoms with Gasteiger partial charge in [0.05, 0.1) is 25.4 Å². The van der Waals surface area contributed by atoms with Crippen LogP contribution in [0.25, 0.3) is 0 Å². The highest BCUT2D eigenvalue weighted by molar-refractivity contribution is 5.76. The predicted octanol–water partition coefficient (Wildman–Crippen LogP) is 20.9. The van der Waals surface area contributed by atoms with Crippen molar-refractivity contribution in [2.24, 2.45) is 0 Å². The largest absolute Gasteiger partial charge is 0.394 e. The number of amides is 1. The van der Waals surface area contributed by atoms with Crippen molar-refractivity contribution in [1.82, 2.24) is 5.32 Å². The number of carbonyl (C=O) groups excluding carboxylic acids is 1. The highest BCUT2D eigenvalue weighted by Gasteiger charge is 2.44. The van der Waals surface area contributed by atoms with Crippen molar-refractivity contribution in [2.75, 3.05) is 13.2 Å². The Balaban J connectivity index is 2.11. The minimum atomic E-state index is -1.57. The van der Waals surface area contributed by atoms with Crippen molar-refractivity contribution >= 4 is 5.91 Å². The second kappa shape index (κ2) is 65.8. The van der Waals surface area contributed by atoms with E-state index in [4.69, 9.17) is 9.47 Å². The second-order valence-electron chi connectivity index (χ2n) is 26.1. The van der Waals surface area contributed by atoms with E-state index in [0.717, 1.165) is 51.4 Å². The quantitative estimate of drug-likeness (QED) is 0.0261. The molecular formula is C77H143NO8. The van der Waals surface area contributed by atoms with Crippen LogP contribution in [0.15, 0.2) is 60.8 Å². The van der Waals surface area contributed by atoms with Gasteiger partial charge in [0.2, 0.25) is 5.91 Å². The Hall–Kier alpha value is -2.11.